The Hall–Kier alpha value is -1.55. The Morgan fingerprint density at radius 1 is 1.56 bits per heavy atom. The molecular formula is C12H16N2O2. The second-order valence-corrected chi connectivity index (χ2v) is 4.04. The standard InChI is InChI=1S/C12H16N2O2/c1-2-9(13)5-8-3-4-11-10(6-8)14-12(15)7-16-11/h3-4,6,9H,2,5,7,13H2,1H3,(H,14,15). The second-order valence-electron chi connectivity index (χ2n) is 4.04. The van der Waals surface area contributed by atoms with Gasteiger partial charge in [0.2, 0.25) is 0 Å². The number of amides is 1. The number of nitrogens with two attached hydrogens (primary N) is 1. The van der Waals surface area contributed by atoms with Gasteiger partial charge in [-0.3, -0.25) is 4.79 Å². The van der Waals surface area contributed by atoms with Crippen LogP contribution in [-0.4, -0.2) is 18.6 Å². The minimum atomic E-state index is -0.107. The molecule has 1 heterocycles. The van der Waals surface area contributed by atoms with Crippen molar-refractivity contribution in [3.8, 4) is 5.75 Å². The molecule has 1 atom stereocenters. The normalized spacial score (nSPS) is 16.0. The lowest BCUT2D eigenvalue weighted by molar-refractivity contribution is -0.118. The first-order valence-electron chi connectivity index (χ1n) is 5.50. The largest absolute Gasteiger partial charge is 0.482 e. The van der Waals surface area contributed by atoms with Crippen molar-refractivity contribution in [2.24, 2.45) is 5.73 Å². The van der Waals surface area contributed by atoms with E-state index in [9.17, 15) is 4.79 Å². The van der Waals surface area contributed by atoms with Crippen molar-refractivity contribution in [2.45, 2.75) is 25.8 Å². The molecule has 0 spiro atoms. The van der Waals surface area contributed by atoms with E-state index >= 15 is 0 Å². The molecule has 2 rings (SSSR count). The molecule has 16 heavy (non-hydrogen) atoms. The summed E-state index contributed by atoms with van der Waals surface area (Å²) < 4.78 is 5.28. The predicted molar refractivity (Wildman–Crippen MR) is 62.5 cm³/mol. The van der Waals surface area contributed by atoms with E-state index in [1.165, 1.54) is 0 Å². The molecule has 1 aliphatic heterocycles. The quantitative estimate of drug-likeness (QED) is 0.807. The van der Waals surface area contributed by atoms with Gasteiger partial charge in [-0.25, -0.2) is 0 Å². The number of hydrogen-bond donors (Lipinski definition) is 2. The highest BCUT2D eigenvalue weighted by Crippen LogP contribution is 2.28. The molecule has 4 heteroatoms. The highest BCUT2D eigenvalue weighted by Gasteiger charge is 2.16. The smallest absolute Gasteiger partial charge is 0.262 e. The molecule has 0 aliphatic carbocycles. The number of carbonyl (C=O) groups is 1. The van der Waals surface area contributed by atoms with Crippen LogP contribution < -0.4 is 15.8 Å². The SMILES string of the molecule is CCC(N)Cc1ccc2c(c1)NC(=O)CO2. The highest BCUT2D eigenvalue weighted by molar-refractivity contribution is 5.95. The molecule has 1 aromatic carbocycles. The van der Waals surface area contributed by atoms with Crippen molar-refractivity contribution in [3.05, 3.63) is 23.8 Å². The zero-order valence-corrected chi connectivity index (χ0v) is 9.32. The first kappa shape index (κ1) is 11.0. The Morgan fingerprint density at radius 2 is 2.38 bits per heavy atom. The van der Waals surface area contributed by atoms with Gasteiger partial charge in [0.1, 0.15) is 5.75 Å². The fraction of sp³-hybridized carbons (Fsp3) is 0.417. The minimum Gasteiger partial charge on any atom is -0.482 e. The molecule has 1 unspecified atom stereocenters. The molecule has 1 amide bonds. The Morgan fingerprint density at radius 3 is 3.12 bits per heavy atom. The van der Waals surface area contributed by atoms with Crippen molar-refractivity contribution >= 4 is 11.6 Å². The van der Waals surface area contributed by atoms with Gasteiger partial charge in [-0.15, -0.1) is 0 Å². The molecule has 3 N–H and O–H groups in total. The maximum atomic E-state index is 11.2. The van der Waals surface area contributed by atoms with Crippen LogP contribution in [0.1, 0.15) is 18.9 Å². The zero-order chi connectivity index (χ0) is 11.5. The molecular weight excluding hydrogens is 204 g/mol. The summed E-state index contributed by atoms with van der Waals surface area (Å²) in [5.74, 6) is 0.623. The summed E-state index contributed by atoms with van der Waals surface area (Å²) >= 11 is 0. The number of nitrogens with one attached hydrogen (secondary N) is 1. The van der Waals surface area contributed by atoms with E-state index in [2.05, 4.69) is 12.2 Å². The summed E-state index contributed by atoms with van der Waals surface area (Å²) in [7, 11) is 0. The summed E-state index contributed by atoms with van der Waals surface area (Å²) in [6.45, 7) is 2.16. The van der Waals surface area contributed by atoms with E-state index in [0.717, 1.165) is 29.8 Å². The van der Waals surface area contributed by atoms with E-state index in [1.807, 2.05) is 18.2 Å². The Bertz CT molecular complexity index is 404. The van der Waals surface area contributed by atoms with Crippen molar-refractivity contribution in [1.82, 2.24) is 0 Å². The van der Waals surface area contributed by atoms with E-state index in [0.29, 0.717) is 0 Å². The van der Waals surface area contributed by atoms with Crippen LogP contribution in [0.2, 0.25) is 0 Å². The maximum absolute atomic E-state index is 11.2. The molecule has 1 aliphatic rings. The van der Waals surface area contributed by atoms with E-state index in [-0.39, 0.29) is 18.6 Å². The first-order valence-corrected chi connectivity index (χ1v) is 5.50. The summed E-state index contributed by atoms with van der Waals surface area (Å²) in [5.41, 5.74) is 7.76. The Balaban J connectivity index is 2.18. The van der Waals surface area contributed by atoms with Crippen molar-refractivity contribution < 1.29 is 9.53 Å². The molecule has 0 aromatic heterocycles. The van der Waals surface area contributed by atoms with Gasteiger partial charge in [0.25, 0.3) is 5.91 Å². The minimum absolute atomic E-state index is 0.0980. The average Bonchev–Trinajstić information content (AvgIpc) is 2.28. The lowest BCUT2D eigenvalue weighted by Crippen LogP contribution is -2.26. The fourth-order valence-electron chi connectivity index (χ4n) is 1.70. The Labute approximate surface area is 94.8 Å². The number of hydrogen-bond acceptors (Lipinski definition) is 3. The fourth-order valence-corrected chi connectivity index (χ4v) is 1.70. The topological polar surface area (TPSA) is 64.3 Å². The number of fused-ring (bicyclic) bond motifs is 1. The predicted octanol–water partition coefficient (Wildman–Crippen LogP) is 1.30. The van der Waals surface area contributed by atoms with Crippen molar-refractivity contribution in [1.29, 1.82) is 0 Å². The van der Waals surface area contributed by atoms with Gasteiger partial charge >= 0.3 is 0 Å². The number of carbonyl (C=O) groups excluding carboxylic acids is 1. The van der Waals surface area contributed by atoms with Gasteiger partial charge in [0, 0.05) is 6.04 Å². The monoisotopic (exact) mass is 220 g/mol. The van der Waals surface area contributed by atoms with Crippen LogP contribution in [-0.2, 0) is 11.2 Å². The number of ether oxygens (including phenoxy) is 1. The highest BCUT2D eigenvalue weighted by atomic mass is 16.5. The molecule has 0 radical (unpaired) electrons. The maximum Gasteiger partial charge on any atom is 0.262 e. The van der Waals surface area contributed by atoms with Crippen molar-refractivity contribution in [3.63, 3.8) is 0 Å². The summed E-state index contributed by atoms with van der Waals surface area (Å²) in [5, 5.41) is 2.79. The van der Waals surface area contributed by atoms with E-state index < -0.39 is 0 Å². The van der Waals surface area contributed by atoms with Crippen LogP contribution in [0, 0.1) is 0 Å². The van der Waals surface area contributed by atoms with Gasteiger partial charge in [-0.05, 0) is 30.5 Å². The van der Waals surface area contributed by atoms with Crippen LogP contribution >= 0.6 is 0 Å². The van der Waals surface area contributed by atoms with Gasteiger partial charge in [-0.2, -0.15) is 0 Å². The van der Waals surface area contributed by atoms with Crippen LogP contribution in [0.4, 0.5) is 5.69 Å². The summed E-state index contributed by atoms with van der Waals surface area (Å²) in [6, 6.07) is 5.97. The van der Waals surface area contributed by atoms with Crippen LogP contribution in [0.25, 0.3) is 0 Å². The van der Waals surface area contributed by atoms with Gasteiger partial charge in [-0.1, -0.05) is 13.0 Å². The number of benzene rings is 1. The first-order chi connectivity index (χ1) is 7.69. The van der Waals surface area contributed by atoms with E-state index in [1.54, 1.807) is 0 Å². The van der Waals surface area contributed by atoms with Crippen LogP contribution in [0.3, 0.4) is 0 Å². The molecule has 0 bridgehead atoms. The second kappa shape index (κ2) is 4.53. The van der Waals surface area contributed by atoms with Gasteiger partial charge in [0.05, 0.1) is 5.69 Å². The Kier molecular flexibility index (Phi) is 3.10. The third-order valence-electron chi connectivity index (χ3n) is 2.70. The molecule has 0 saturated carbocycles. The van der Waals surface area contributed by atoms with Crippen LogP contribution in [0.5, 0.6) is 5.75 Å². The zero-order valence-electron chi connectivity index (χ0n) is 9.32. The summed E-state index contributed by atoms with van der Waals surface area (Å²) in [4.78, 5) is 11.2. The van der Waals surface area contributed by atoms with Gasteiger partial charge in [0.15, 0.2) is 6.61 Å². The van der Waals surface area contributed by atoms with Gasteiger partial charge < -0.3 is 15.8 Å². The lowest BCUT2D eigenvalue weighted by atomic mass is 10.0. The van der Waals surface area contributed by atoms with Crippen molar-refractivity contribution in [2.75, 3.05) is 11.9 Å². The number of anilines is 1. The molecule has 0 fully saturated rings. The third kappa shape index (κ3) is 2.33. The molecule has 1 aromatic rings. The third-order valence-corrected chi connectivity index (χ3v) is 2.70. The van der Waals surface area contributed by atoms with Crippen LogP contribution in [0.15, 0.2) is 18.2 Å². The molecule has 4 nitrogen and oxygen atoms in total. The number of rotatable bonds is 3. The van der Waals surface area contributed by atoms with E-state index in [4.69, 9.17) is 10.5 Å². The molecule has 86 valence electrons. The molecule has 0 saturated heterocycles. The lowest BCUT2D eigenvalue weighted by Gasteiger charge is -2.19. The summed E-state index contributed by atoms with van der Waals surface area (Å²) in [6.07, 6.45) is 1.76. The average molecular weight is 220 g/mol.